The van der Waals surface area contributed by atoms with Gasteiger partial charge in [-0.25, -0.2) is 0 Å². The van der Waals surface area contributed by atoms with Crippen LogP contribution in [0.15, 0.2) is 30.3 Å². The summed E-state index contributed by atoms with van der Waals surface area (Å²) in [5, 5.41) is 0. The number of carbonyl (C=O) groups excluding carboxylic acids is 1. The Labute approximate surface area is 96.9 Å². The van der Waals surface area contributed by atoms with E-state index in [4.69, 9.17) is 4.74 Å². The lowest BCUT2D eigenvalue weighted by molar-refractivity contribution is -0.112. The summed E-state index contributed by atoms with van der Waals surface area (Å²) in [4.78, 5) is 10.7. The summed E-state index contributed by atoms with van der Waals surface area (Å²) < 4.78 is 5.54. The van der Waals surface area contributed by atoms with E-state index in [2.05, 4.69) is 6.92 Å². The van der Waals surface area contributed by atoms with Gasteiger partial charge in [-0.3, -0.25) is 4.79 Å². The molecule has 0 radical (unpaired) electrons. The molecule has 0 spiro atoms. The van der Waals surface area contributed by atoms with Crippen LogP contribution in [0, 0.1) is 0 Å². The van der Waals surface area contributed by atoms with E-state index in [9.17, 15) is 4.79 Å². The van der Waals surface area contributed by atoms with Gasteiger partial charge in [0.25, 0.3) is 0 Å². The molecule has 2 heteroatoms. The smallest absolute Gasteiger partial charge is 0.152 e. The van der Waals surface area contributed by atoms with Gasteiger partial charge in [0.05, 0.1) is 6.61 Å². The highest BCUT2D eigenvalue weighted by atomic mass is 16.5. The van der Waals surface area contributed by atoms with Gasteiger partial charge in [0, 0.05) is 0 Å². The van der Waals surface area contributed by atoms with Crippen LogP contribution in [-0.2, 0) is 4.79 Å². The third-order valence-electron chi connectivity index (χ3n) is 2.16. The van der Waals surface area contributed by atoms with Gasteiger partial charge in [0.2, 0.25) is 0 Å². The zero-order valence-electron chi connectivity index (χ0n) is 9.90. The molecule has 0 bridgehead atoms. The fraction of sp³-hybridized carbons (Fsp3) is 0.357. The summed E-state index contributed by atoms with van der Waals surface area (Å²) in [6, 6.07) is 7.74. The molecule has 0 aliphatic rings. The molecule has 1 rings (SSSR count). The van der Waals surface area contributed by atoms with Gasteiger partial charge in [-0.05, 0) is 37.1 Å². The Morgan fingerprint density at radius 3 is 2.56 bits per heavy atom. The molecule has 0 saturated carbocycles. The van der Waals surface area contributed by atoms with Crippen LogP contribution in [0.2, 0.25) is 0 Å². The number of hydrogen-bond acceptors (Lipinski definition) is 2. The highest BCUT2D eigenvalue weighted by Gasteiger charge is 1.93. The van der Waals surface area contributed by atoms with Crippen LogP contribution in [-0.4, -0.2) is 12.4 Å². The number of hydrogen-bond donors (Lipinski definition) is 0. The second-order valence-corrected chi connectivity index (χ2v) is 3.72. The maximum absolute atomic E-state index is 10.7. The monoisotopic (exact) mass is 218 g/mol. The van der Waals surface area contributed by atoms with Crippen molar-refractivity contribution in [1.82, 2.24) is 0 Å². The van der Waals surface area contributed by atoms with E-state index in [-0.39, 0.29) is 5.78 Å². The van der Waals surface area contributed by atoms with E-state index in [1.54, 1.807) is 19.1 Å². The van der Waals surface area contributed by atoms with Gasteiger partial charge in [-0.15, -0.1) is 0 Å². The number of unbranched alkanes of at least 4 members (excludes halogenated alkanes) is 1. The van der Waals surface area contributed by atoms with Crippen molar-refractivity contribution in [2.24, 2.45) is 0 Å². The second kappa shape index (κ2) is 6.83. The summed E-state index contributed by atoms with van der Waals surface area (Å²) >= 11 is 0. The molecular weight excluding hydrogens is 200 g/mol. The maximum atomic E-state index is 10.7. The summed E-state index contributed by atoms with van der Waals surface area (Å²) in [6.45, 7) is 4.44. The molecule has 0 saturated heterocycles. The zero-order chi connectivity index (χ0) is 11.8. The van der Waals surface area contributed by atoms with E-state index < -0.39 is 0 Å². The number of ketones is 1. The van der Waals surface area contributed by atoms with E-state index in [1.165, 1.54) is 0 Å². The first-order chi connectivity index (χ1) is 7.72. The van der Waals surface area contributed by atoms with Crippen molar-refractivity contribution in [3.05, 3.63) is 35.9 Å². The standard InChI is InChI=1S/C14H18O2/c1-3-4-11-16-14-9-7-13(8-10-14)6-5-12(2)15/h5-10H,3-4,11H2,1-2H3/b6-5+. The van der Waals surface area contributed by atoms with Crippen molar-refractivity contribution < 1.29 is 9.53 Å². The Morgan fingerprint density at radius 2 is 2.00 bits per heavy atom. The van der Waals surface area contributed by atoms with Crippen molar-refractivity contribution in [3.63, 3.8) is 0 Å². The molecule has 0 heterocycles. The van der Waals surface area contributed by atoms with Crippen molar-refractivity contribution in [2.45, 2.75) is 26.7 Å². The average molecular weight is 218 g/mol. The van der Waals surface area contributed by atoms with Crippen molar-refractivity contribution in [2.75, 3.05) is 6.61 Å². The lowest BCUT2D eigenvalue weighted by Gasteiger charge is -2.04. The van der Waals surface area contributed by atoms with Crippen LogP contribution in [0.4, 0.5) is 0 Å². The zero-order valence-corrected chi connectivity index (χ0v) is 9.90. The fourth-order valence-corrected chi connectivity index (χ4v) is 1.22. The quantitative estimate of drug-likeness (QED) is 0.540. The normalized spacial score (nSPS) is 10.6. The molecular formula is C14H18O2. The van der Waals surface area contributed by atoms with Gasteiger partial charge >= 0.3 is 0 Å². The topological polar surface area (TPSA) is 26.3 Å². The Balaban J connectivity index is 2.51. The number of allylic oxidation sites excluding steroid dienone is 1. The van der Waals surface area contributed by atoms with Crippen LogP contribution in [0.3, 0.4) is 0 Å². The maximum Gasteiger partial charge on any atom is 0.152 e. The molecule has 0 aliphatic carbocycles. The molecule has 0 aliphatic heterocycles. The Hall–Kier alpha value is -1.57. The van der Waals surface area contributed by atoms with Crippen LogP contribution < -0.4 is 4.74 Å². The van der Waals surface area contributed by atoms with Crippen molar-refractivity contribution >= 4 is 11.9 Å². The molecule has 1 aromatic rings. The second-order valence-electron chi connectivity index (χ2n) is 3.72. The largest absolute Gasteiger partial charge is 0.494 e. The van der Waals surface area contributed by atoms with Crippen molar-refractivity contribution in [3.8, 4) is 5.75 Å². The molecule has 2 nitrogen and oxygen atoms in total. The van der Waals surface area contributed by atoms with Crippen molar-refractivity contribution in [1.29, 1.82) is 0 Å². The van der Waals surface area contributed by atoms with Crippen LogP contribution in [0.25, 0.3) is 6.08 Å². The fourth-order valence-electron chi connectivity index (χ4n) is 1.22. The van der Waals surface area contributed by atoms with Crippen LogP contribution >= 0.6 is 0 Å². The molecule has 0 fully saturated rings. The van der Waals surface area contributed by atoms with E-state index in [0.717, 1.165) is 30.8 Å². The van der Waals surface area contributed by atoms with E-state index >= 15 is 0 Å². The number of benzene rings is 1. The van der Waals surface area contributed by atoms with Gasteiger partial charge in [0.15, 0.2) is 5.78 Å². The molecule has 16 heavy (non-hydrogen) atoms. The molecule has 0 amide bonds. The average Bonchev–Trinajstić information content (AvgIpc) is 2.28. The first kappa shape index (κ1) is 12.5. The first-order valence-electron chi connectivity index (χ1n) is 5.64. The Bertz CT molecular complexity index is 350. The third kappa shape index (κ3) is 4.78. The predicted molar refractivity (Wildman–Crippen MR) is 66.6 cm³/mol. The first-order valence-corrected chi connectivity index (χ1v) is 5.64. The molecule has 0 atom stereocenters. The summed E-state index contributed by atoms with van der Waals surface area (Å²) in [5.41, 5.74) is 1.01. The summed E-state index contributed by atoms with van der Waals surface area (Å²) in [5.74, 6) is 0.941. The van der Waals surface area contributed by atoms with Crippen LogP contribution in [0.1, 0.15) is 32.3 Å². The lowest BCUT2D eigenvalue weighted by atomic mass is 10.2. The molecule has 1 aromatic carbocycles. The molecule has 86 valence electrons. The number of carbonyl (C=O) groups is 1. The minimum Gasteiger partial charge on any atom is -0.494 e. The lowest BCUT2D eigenvalue weighted by Crippen LogP contribution is -1.95. The molecule has 0 N–H and O–H groups in total. The predicted octanol–water partition coefficient (Wildman–Crippen LogP) is 3.47. The number of ether oxygens (including phenoxy) is 1. The summed E-state index contributed by atoms with van der Waals surface area (Å²) in [6.07, 6.45) is 5.58. The minimum atomic E-state index is 0.0586. The minimum absolute atomic E-state index is 0.0586. The SMILES string of the molecule is CCCCOc1ccc(/C=C/C(C)=O)cc1. The van der Waals surface area contributed by atoms with Gasteiger partial charge in [-0.1, -0.05) is 31.6 Å². The Kier molecular flexibility index (Phi) is 5.34. The molecule has 0 unspecified atom stereocenters. The highest BCUT2D eigenvalue weighted by molar-refractivity contribution is 5.91. The van der Waals surface area contributed by atoms with Gasteiger partial charge in [-0.2, -0.15) is 0 Å². The number of rotatable bonds is 6. The Morgan fingerprint density at radius 1 is 1.31 bits per heavy atom. The van der Waals surface area contributed by atoms with Gasteiger partial charge < -0.3 is 4.74 Å². The highest BCUT2D eigenvalue weighted by Crippen LogP contribution is 2.13. The van der Waals surface area contributed by atoms with Crippen LogP contribution in [0.5, 0.6) is 5.75 Å². The summed E-state index contributed by atoms with van der Waals surface area (Å²) in [7, 11) is 0. The van der Waals surface area contributed by atoms with E-state index in [1.807, 2.05) is 24.3 Å². The molecule has 0 aromatic heterocycles. The van der Waals surface area contributed by atoms with Gasteiger partial charge in [0.1, 0.15) is 5.75 Å². The third-order valence-corrected chi connectivity index (χ3v) is 2.16. The van der Waals surface area contributed by atoms with E-state index in [0.29, 0.717) is 0 Å².